The average molecular weight is 250 g/mol. The molecule has 100 valence electrons. The van der Waals surface area contributed by atoms with E-state index in [9.17, 15) is 9.90 Å². The Labute approximate surface area is 108 Å². The lowest BCUT2D eigenvalue weighted by Gasteiger charge is -2.23. The van der Waals surface area contributed by atoms with Gasteiger partial charge in [0.1, 0.15) is 0 Å². The average Bonchev–Trinajstić information content (AvgIpc) is 2.36. The number of aliphatic hydroxyl groups excluding tert-OH is 1. The number of benzene rings is 1. The third-order valence-electron chi connectivity index (χ3n) is 2.90. The second-order valence-electron chi connectivity index (χ2n) is 5.28. The fourth-order valence-corrected chi connectivity index (χ4v) is 1.54. The lowest BCUT2D eigenvalue weighted by atomic mass is 9.94. The molecule has 0 bridgehead atoms. The molecule has 4 heteroatoms. The highest BCUT2D eigenvalue weighted by Gasteiger charge is 2.16. The van der Waals surface area contributed by atoms with Crippen LogP contribution in [0, 0.1) is 12.3 Å². The van der Waals surface area contributed by atoms with E-state index in [1.165, 1.54) is 0 Å². The molecule has 0 heterocycles. The maximum Gasteiger partial charge on any atom is 0.251 e. The van der Waals surface area contributed by atoms with Crippen molar-refractivity contribution in [1.82, 2.24) is 5.32 Å². The zero-order valence-electron chi connectivity index (χ0n) is 11.5. The third-order valence-corrected chi connectivity index (χ3v) is 2.90. The van der Waals surface area contributed by atoms with Crippen LogP contribution in [0.5, 0.6) is 0 Å². The van der Waals surface area contributed by atoms with Crippen LogP contribution in [0.1, 0.15) is 29.8 Å². The molecule has 0 aliphatic rings. The lowest BCUT2D eigenvalue weighted by molar-refractivity contribution is 0.0963. The van der Waals surface area contributed by atoms with Crippen LogP contribution >= 0.6 is 0 Å². The smallest absolute Gasteiger partial charge is 0.251 e. The van der Waals surface area contributed by atoms with Crippen molar-refractivity contribution in [1.29, 1.82) is 0 Å². The van der Waals surface area contributed by atoms with Crippen LogP contribution in [0.15, 0.2) is 18.2 Å². The molecule has 1 amide bonds. The predicted molar refractivity (Wildman–Crippen MR) is 73.9 cm³/mol. The van der Waals surface area contributed by atoms with E-state index < -0.39 is 0 Å². The van der Waals surface area contributed by atoms with Crippen LogP contribution in [0.4, 0.5) is 5.69 Å². The number of amides is 1. The Balaban J connectivity index is 2.77. The lowest BCUT2D eigenvalue weighted by Crippen LogP contribution is -2.27. The van der Waals surface area contributed by atoms with Gasteiger partial charge >= 0.3 is 0 Å². The van der Waals surface area contributed by atoms with E-state index in [0.29, 0.717) is 12.1 Å². The summed E-state index contributed by atoms with van der Waals surface area (Å²) in [6.45, 7) is 6.77. The highest BCUT2D eigenvalue weighted by Crippen LogP contribution is 2.20. The van der Waals surface area contributed by atoms with Gasteiger partial charge in [0.2, 0.25) is 0 Å². The zero-order chi connectivity index (χ0) is 13.8. The fraction of sp³-hybridized carbons (Fsp3) is 0.500. The van der Waals surface area contributed by atoms with E-state index in [4.69, 9.17) is 0 Å². The van der Waals surface area contributed by atoms with Gasteiger partial charge in [0.05, 0.1) is 0 Å². The molecule has 0 unspecified atom stereocenters. The molecule has 0 aromatic heterocycles. The minimum atomic E-state index is -0.161. The van der Waals surface area contributed by atoms with Gasteiger partial charge in [-0.25, -0.2) is 0 Å². The fourth-order valence-electron chi connectivity index (χ4n) is 1.54. The quantitative estimate of drug-likeness (QED) is 0.746. The highest BCUT2D eigenvalue weighted by atomic mass is 16.3. The maximum absolute atomic E-state index is 11.5. The molecule has 0 spiro atoms. The Morgan fingerprint density at radius 1 is 1.39 bits per heavy atom. The number of rotatable bonds is 5. The summed E-state index contributed by atoms with van der Waals surface area (Å²) in [5.41, 5.74) is 2.50. The van der Waals surface area contributed by atoms with Gasteiger partial charge in [-0.2, -0.15) is 0 Å². The second-order valence-corrected chi connectivity index (χ2v) is 5.28. The van der Waals surface area contributed by atoms with Crippen LogP contribution in [0.25, 0.3) is 0 Å². The molecule has 18 heavy (non-hydrogen) atoms. The monoisotopic (exact) mass is 250 g/mol. The minimum Gasteiger partial charge on any atom is -0.396 e. The number of nitrogens with one attached hydrogen (secondary N) is 2. The summed E-state index contributed by atoms with van der Waals surface area (Å²) in [7, 11) is 1.62. The largest absolute Gasteiger partial charge is 0.396 e. The minimum absolute atomic E-state index is 0.0830. The summed E-state index contributed by atoms with van der Waals surface area (Å²) in [4.78, 5) is 11.5. The Hall–Kier alpha value is -1.55. The number of anilines is 1. The summed E-state index contributed by atoms with van der Waals surface area (Å²) in [6, 6.07) is 5.54. The number of hydrogen-bond acceptors (Lipinski definition) is 3. The topological polar surface area (TPSA) is 61.4 Å². The van der Waals surface area contributed by atoms with Gasteiger partial charge in [0.15, 0.2) is 0 Å². The normalized spacial score (nSPS) is 11.2. The highest BCUT2D eigenvalue weighted by molar-refractivity contribution is 5.94. The molecule has 4 nitrogen and oxygen atoms in total. The van der Waals surface area contributed by atoms with Gasteiger partial charge in [-0.15, -0.1) is 0 Å². The van der Waals surface area contributed by atoms with Crippen molar-refractivity contribution >= 4 is 11.6 Å². The van der Waals surface area contributed by atoms with Gasteiger partial charge in [-0.3, -0.25) is 4.79 Å². The van der Waals surface area contributed by atoms with Crippen molar-refractivity contribution in [3.63, 3.8) is 0 Å². The van der Waals surface area contributed by atoms with Crippen LogP contribution < -0.4 is 10.6 Å². The second kappa shape index (κ2) is 5.87. The van der Waals surface area contributed by atoms with E-state index >= 15 is 0 Å². The van der Waals surface area contributed by atoms with Crippen LogP contribution in [0.3, 0.4) is 0 Å². The van der Waals surface area contributed by atoms with E-state index in [-0.39, 0.29) is 17.9 Å². The first-order valence-corrected chi connectivity index (χ1v) is 6.07. The van der Waals surface area contributed by atoms with Crippen molar-refractivity contribution in [3.05, 3.63) is 29.3 Å². The first kappa shape index (κ1) is 14.5. The van der Waals surface area contributed by atoms with E-state index in [0.717, 1.165) is 11.3 Å². The molecular formula is C14H22N2O2. The molecule has 1 aromatic carbocycles. The van der Waals surface area contributed by atoms with E-state index in [1.807, 2.05) is 32.9 Å². The molecule has 0 radical (unpaired) electrons. The van der Waals surface area contributed by atoms with Crippen molar-refractivity contribution in [2.45, 2.75) is 20.8 Å². The maximum atomic E-state index is 11.5. The molecule has 1 rings (SSSR count). The van der Waals surface area contributed by atoms with Crippen LogP contribution in [-0.4, -0.2) is 31.2 Å². The molecule has 0 saturated carbocycles. The van der Waals surface area contributed by atoms with E-state index in [1.54, 1.807) is 13.1 Å². The number of aryl methyl sites for hydroxylation is 1. The molecule has 0 atom stereocenters. The Bertz CT molecular complexity index is 428. The zero-order valence-corrected chi connectivity index (χ0v) is 11.5. The first-order chi connectivity index (χ1) is 8.39. The summed E-state index contributed by atoms with van der Waals surface area (Å²) >= 11 is 0. The van der Waals surface area contributed by atoms with Crippen molar-refractivity contribution in [3.8, 4) is 0 Å². The number of carbonyl (C=O) groups is 1. The van der Waals surface area contributed by atoms with Gasteiger partial charge in [-0.05, 0) is 30.7 Å². The summed E-state index contributed by atoms with van der Waals surface area (Å²) in [5.74, 6) is -0.0830. The molecule has 3 N–H and O–H groups in total. The summed E-state index contributed by atoms with van der Waals surface area (Å²) < 4.78 is 0. The van der Waals surface area contributed by atoms with Crippen LogP contribution in [-0.2, 0) is 0 Å². The standard InChI is InChI=1S/C14H22N2O2/c1-10-7-11(13(18)15-4)5-6-12(10)16-8-14(2,3)9-17/h5-7,16-17H,8-9H2,1-4H3,(H,15,18). The molecular weight excluding hydrogens is 228 g/mol. The van der Waals surface area contributed by atoms with E-state index in [2.05, 4.69) is 10.6 Å². The third kappa shape index (κ3) is 3.74. The van der Waals surface area contributed by atoms with Gasteiger partial charge in [0, 0.05) is 36.9 Å². The Morgan fingerprint density at radius 3 is 2.56 bits per heavy atom. The van der Waals surface area contributed by atoms with Crippen molar-refractivity contribution in [2.75, 3.05) is 25.5 Å². The molecule has 0 aliphatic heterocycles. The molecule has 1 aromatic rings. The SMILES string of the molecule is CNC(=O)c1ccc(NCC(C)(C)CO)c(C)c1. The first-order valence-electron chi connectivity index (χ1n) is 6.07. The number of hydrogen-bond donors (Lipinski definition) is 3. The van der Waals surface area contributed by atoms with Gasteiger partial charge in [0.25, 0.3) is 5.91 Å². The Morgan fingerprint density at radius 2 is 2.06 bits per heavy atom. The molecule has 0 saturated heterocycles. The van der Waals surface area contributed by atoms with Crippen molar-refractivity contribution < 1.29 is 9.90 Å². The number of carbonyl (C=O) groups excluding carboxylic acids is 1. The molecule has 0 fully saturated rings. The Kier molecular flexibility index (Phi) is 4.73. The number of aliphatic hydroxyl groups is 1. The van der Waals surface area contributed by atoms with Gasteiger partial charge in [-0.1, -0.05) is 13.8 Å². The van der Waals surface area contributed by atoms with Crippen molar-refractivity contribution in [2.24, 2.45) is 5.41 Å². The molecule has 0 aliphatic carbocycles. The summed E-state index contributed by atoms with van der Waals surface area (Å²) in [5, 5.41) is 15.1. The summed E-state index contributed by atoms with van der Waals surface area (Å²) in [6.07, 6.45) is 0. The predicted octanol–water partition coefficient (Wildman–Crippen LogP) is 1.79. The van der Waals surface area contributed by atoms with Gasteiger partial charge < -0.3 is 15.7 Å². The van der Waals surface area contributed by atoms with Crippen LogP contribution in [0.2, 0.25) is 0 Å².